The van der Waals surface area contributed by atoms with Crippen LogP contribution >= 0.6 is 24.0 Å². The number of amides is 1. The minimum absolute atomic E-state index is 0. The molecule has 1 aromatic carbocycles. The lowest BCUT2D eigenvalue weighted by atomic mass is 10.1. The van der Waals surface area contributed by atoms with Crippen LogP contribution in [0.5, 0.6) is 5.75 Å². The van der Waals surface area contributed by atoms with Crippen LogP contribution in [0.4, 0.5) is 5.69 Å². The number of hydrogen-bond acceptors (Lipinski definition) is 3. The lowest BCUT2D eigenvalue weighted by molar-refractivity contribution is -0.119. The van der Waals surface area contributed by atoms with Crippen molar-refractivity contribution in [3.05, 3.63) is 23.2 Å². The van der Waals surface area contributed by atoms with Gasteiger partial charge in [0.1, 0.15) is 5.75 Å². The first-order valence-electron chi connectivity index (χ1n) is 6.59. The highest BCUT2D eigenvalue weighted by molar-refractivity contribution is 6.32. The Morgan fingerprint density at radius 2 is 2.25 bits per heavy atom. The standard InChI is InChI=1S/C14H19ClN2O2.ClH/c1-2-19-13-6-5-11(8-12(13)15)17-14(18)9-3-4-10(16)7-9;/h5-6,8-10H,2-4,7,16H2,1H3,(H,17,18);1H. The van der Waals surface area contributed by atoms with Crippen molar-refractivity contribution in [2.45, 2.75) is 32.2 Å². The number of halogens is 2. The van der Waals surface area contributed by atoms with Gasteiger partial charge in [0.15, 0.2) is 0 Å². The van der Waals surface area contributed by atoms with Gasteiger partial charge in [-0.25, -0.2) is 0 Å². The predicted molar refractivity (Wildman–Crippen MR) is 83.8 cm³/mol. The number of nitrogens with two attached hydrogens (primary N) is 1. The first kappa shape index (κ1) is 17.1. The maximum atomic E-state index is 12.0. The summed E-state index contributed by atoms with van der Waals surface area (Å²) in [6.45, 7) is 2.46. The summed E-state index contributed by atoms with van der Waals surface area (Å²) in [5.41, 5.74) is 6.51. The Morgan fingerprint density at radius 3 is 2.80 bits per heavy atom. The van der Waals surface area contributed by atoms with E-state index in [4.69, 9.17) is 22.1 Å². The third-order valence-electron chi connectivity index (χ3n) is 3.34. The Labute approximate surface area is 130 Å². The van der Waals surface area contributed by atoms with Crippen molar-refractivity contribution in [1.82, 2.24) is 0 Å². The monoisotopic (exact) mass is 318 g/mol. The second-order valence-electron chi connectivity index (χ2n) is 4.84. The first-order chi connectivity index (χ1) is 9.10. The number of rotatable bonds is 4. The van der Waals surface area contributed by atoms with Gasteiger partial charge in [-0.05, 0) is 44.4 Å². The molecule has 0 heterocycles. The summed E-state index contributed by atoms with van der Waals surface area (Å²) in [4.78, 5) is 12.0. The molecule has 1 fully saturated rings. The largest absolute Gasteiger partial charge is 0.492 e. The van der Waals surface area contributed by atoms with Gasteiger partial charge in [-0.3, -0.25) is 4.79 Å². The molecule has 20 heavy (non-hydrogen) atoms. The fraction of sp³-hybridized carbons (Fsp3) is 0.500. The number of benzene rings is 1. The van der Waals surface area contributed by atoms with Gasteiger partial charge < -0.3 is 15.8 Å². The fourth-order valence-electron chi connectivity index (χ4n) is 2.35. The zero-order valence-corrected chi connectivity index (χ0v) is 13.0. The van der Waals surface area contributed by atoms with E-state index in [1.54, 1.807) is 18.2 Å². The van der Waals surface area contributed by atoms with Gasteiger partial charge in [-0.2, -0.15) is 0 Å². The minimum Gasteiger partial charge on any atom is -0.492 e. The lowest BCUT2D eigenvalue weighted by Gasteiger charge is -2.12. The summed E-state index contributed by atoms with van der Waals surface area (Å²) in [6, 6.07) is 5.42. The van der Waals surface area contributed by atoms with Crippen LogP contribution in [0, 0.1) is 5.92 Å². The zero-order valence-electron chi connectivity index (χ0n) is 11.4. The molecule has 4 nitrogen and oxygen atoms in total. The highest BCUT2D eigenvalue weighted by atomic mass is 35.5. The maximum absolute atomic E-state index is 12.0. The second-order valence-corrected chi connectivity index (χ2v) is 5.24. The quantitative estimate of drug-likeness (QED) is 0.895. The molecule has 0 aromatic heterocycles. The summed E-state index contributed by atoms with van der Waals surface area (Å²) >= 11 is 6.08. The molecule has 1 aliphatic rings. The van der Waals surface area contributed by atoms with E-state index in [2.05, 4.69) is 5.32 Å². The van der Waals surface area contributed by atoms with Crippen LogP contribution < -0.4 is 15.8 Å². The molecule has 2 atom stereocenters. The SMILES string of the molecule is CCOc1ccc(NC(=O)C2CCC(N)C2)cc1Cl.Cl. The van der Waals surface area contributed by atoms with Gasteiger partial charge >= 0.3 is 0 Å². The molecule has 1 amide bonds. The average Bonchev–Trinajstić information content (AvgIpc) is 2.80. The lowest BCUT2D eigenvalue weighted by Crippen LogP contribution is -2.23. The molecule has 112 valence electrons. The van der Waals surface area contributed by atoms with Crippen LogP contribution in [-0.4, -0.2) is 18.6 Å². The maximum Gasteiger partial charge on any atom is 0.227 e. The van der Waals surface area contributed by atoms with Crippen molar-refractivity contribution in [1.29, 1.82) is 0 Å². The van der Waals surface area contributed by atoms with E-state index in [0.29, 0.717) is 23.1 Å². The first-order valence-corrected chi connectivity index (χ1v) is 6.96. The van der Waals surface area contributed by atoms with E-state index in [9.17, 15) is 4.79 Å². The zero-order chi connectivity index (χ0) is 13.8. The molecule has 0 radical (unpaired) electrons. The van der Waals surface area contributed by atoms with Crippen LogP contribution in [0.25, 0.3) is 0 Å². The van der Waals surface area contributed by atoms with E-state index in [-0.39, 0.29) is 30.3 Å². The Morgan fingerprint density at radius 1 is 1.50 bits per heavy atom. The van der Waals surface area contributed by atoms with Gasteiger partial charge in [0.25, 0.3) is 0 Å². The van der Waals surface area contributed by atoms with Crippen molar-refractivity contribution in [3.8, 4) is 5.75 Å². The fourth-order valence-corrected chi connectivity index (χ4v) is 2.59. The summed E-state index contributed by atoms with van der Waals surface area (Å²) in [6.07, 6.45) is 2.54. The Kier molecular flexibility index (Phi) is 6.59. The minimum atomic E-state index is 0. The smallest absolute Gasteiger partial charge is 0.227 e. The van der Waals surface area contributed by atoms with E-state index >= 15 is 0 Å². The molecule has 0 bridgehead atoms. The molecule has 0 aliphatic heterocycles. The molecule has 2 rings (SSSR count). The van der Waals surface area contributed by atoms with Gasteiger partial charge in [-0.15, -0.1) is 12.4 Å². The normalized spacial score (nSPS) is 21.1. The van der Waals surface area contributed by atoms with E-state index in [0.717, 1.165) is 19.3 Å². The number of nitrogens with one attached hydrogen (secondary N) is 1. The molecule has 2 unspecified atom stereocenters. The Hall–Kier alpha value is -0.970. The van der Waals surface area contributed by atoms with Crippen molar-refractivity contribution < 1.29 is 9.53 Å². The van der Waals surface area contributed by atoms with E-state index < -0.39 is 0 Å². The third-order valence-corrected chi connectivity index (χ3v) is 3.64. The Bertz CT molecular complexity index is 468. The molecular formula is C14H20Cl2N2O2. The molecule has 0 saturated heterocycles. The molecule has 6 heteroatoms. The van der Waals surface area contributed by atoms with Gasteiger partial charge in [0.2, 0.25) is 5.91 Å². The molecule has 3 N–H and O–H groups in total. The molecular weight excluding hydrogens is 299 g/mol. The number of carbonyl (C=O) groups excluding carboxylic acids is 1. The summed E-state index contributed by atoms with van der Waals surface area (Å²) in [7, 11) is 0. The highest BCUT2D eigenvalue weighted by Crippen LogP contribution is 2.29. The average molecular weight is 319 g/mol. The van der Waals surface area contributed by atoms with Crippen molar-refractivity contribution >= 4 is 35.6 Å². The third kappa shape index (κ3) is 4.27. The van der Waals surface area contributed by atoms with Crippen LogP contribution in [0.15, 0.2) is 18.2 Å². The summed E-state index contributed by atoms with van der Waals surface area (Å²) < 4.78 is 5.35. The van der Waals surface area contributed by atoms with Gasteiger partial charge in [0.05, 0.1) is 11.6 Å². The molecule has 0 spiro atoms. The van der Waals surface area contributed by atoms with Gasteiger partial charge in [0, 0.05) is 17.6 Å². The number of hydrogen-bond donors (Lipinski definition) is 2. The molecule has 1 saturated carbocycles. The van der Waals surface area contributed by atoms with Crippen molar-refractivity contribution in [3.63, 3.8) is 0 Å². The highest BCUT2D eigenvalue weighted by Gasteiger charge is 2.27. The number of ether oxygens (including phenoxy) is 1. The van der Waals surface area contributed by atoms with Crippen LogP contribution in [0.3, 0.4) is 0 Å². The van der Waals surface area contributed by atoms with Crippen LogP contribution in [0.1, 0.15) is 26.2 Å². The molecule has 1 aliphatic carbocycles. The van der Waals surface area contributed by atoms with Crippen molar-refractivity contribution in [2.24, 2.45) is 11.7 Å². The van der Waals surface area contributed by atoms with Crippen molar-refractivity contribution in [2.75, 3.05) is 11.9 Å². The second kappa shape index (κ2) is 7.72. The Balaban J connectivity index is 0.00000200. The van der Waals surface area contributed by atoms with Crippen LogP contribution in [-0.2, 0) is 4.79 Å². The van der Waals surface area contributed by atoms with E-state index in [1.807, 2.05) is 6.92 Å². The number of anilines is 1. The topological polar surface area (TPSA) is 64.3 Å². The number of carbonyl (C=O) groups is 1. The summed E-state index contributed by atoms with van der Waals surface area (Å²) in [5.74, 6) is 0.665. The predicted octanol–water partition coefficient (Wildman–Crippen LogP) is 3.23. The summed E-state index contributed by atoms with van der Waals surface area (Å²) in [5, 5.41) is 3.38. The molecule has 1 aromatic rings. The van der Waals surface area contributed by atoms with Crippen LogP contribution in [0.2, 0.25) is 5.02 Å². The van der Waals surface area contributed by atoms with Gasteiger partial charge in [-0.1, -0.05) is 11.6 Å². The van der Waals surface area contributed by atoms with E-state index in [1.165, 1.54) is 0 Å².